The van der Waals surface area contributed by atoms with Crippen molar-refractivity contribution in [2.24, 2.45) is 5.92 Å². The van der Waals surface area contributed by atoms with Crippen molar-refractivity contribution in [2.45, 2.75) is 45.4 Å². The average molecular weight is 240 g/mol. The second-order valence-corrected chi connectivity index (χ2v) is 5.57. The summed E-state index contributed by atoms with van der Waals surface area (Å²) in [7, 11) is 0. The normalized spacial score (nSPS) is 15.3. The topological polar surface area (TPSA) is 0 Å². The molecule has 1 unspecified atom stereocenters. The lowest BCUT2D eigenvalue weighted by Crippen LogP contribution is -1.93. The molecule has 0 heteroatoms. The van der Waals surface area contributed by atoms with Gasteiger partial charge < -0.3 is 0 Å². The van der Waals surface area contributed by atoms with Gasteiger partial charge in [0.2, 0.25) is 0 Å². The van der Waals surface area contributed by atoms with Gasteiger partial charge in [-0.05, 0) is 49.2 Å². The summed E-state index contributed by atoms with van der Waals surface area (Å²) in [6, 6.07) is 10.5. The van der Waals surface area contributed by atoms with Crippen molar-refractivity contribution in [1.29, 1.82) is 0 Å². The summed E-state index contributed by atoms with van der Waals surface area (Å²) in [6.07, 6.45) is 10.2. The third-order valence-electron chi connectivity index (χ3n) is 3.71. The third kappa shape index (κ3) is 4.52. The van der Waals surface area contributed by atoms with E-state index in [2.05, 4.69) is 49.9 Å². The maximum absolute atomic E-state index is 4.19. The Balaban J connectivity index is 1.65. The van der Waals surface area contributed by atoms with Crippen LogP contribution in [-0.4, -0.2) is 0 Å². The Labute approximate surface area is 111 Å². The molecule has 2 rings (SSSR count). The van der Waals surface area contributed by atoms with Crippen molar-refractivity contribution in [1.82, 2.24) is 0 Å². The second kappa shape index (κ2) is 6.58. The molecular weight excluding hydrogens is 216 g/mol. The van der Waals surface area contributed by atoms with Crippen LogP contribution in [0.1, 0.15) is 51.0 Å². The molecule has 0 spiro atoms. The summed E-state index contributed by atoms with van der Waals surface area (Å²) in [4.78, 5) is 0. The van der Waals surface area contributed by atoms with Gasteiger partial charge in [0.1, 0.15) is 0 Å². The molecule has 1 saturated carbocycles. The van der Waals surface area contributed by atoms with Gasteiger partial charge in [-0.25, -0.2) is 0 Å². The Bertz CT molecular complexity index is 405. The van der Waals surface area contributed by atoms with E-state index in [0.717, 1.165) is 12.3 Å². The van der Waals surface area contributed by atoms with E-state index in [1.165, 1.54) is 43.2 Å². The number of hydrogen-bond acceptors (Lipinski definition) is 0. The molecule has 96 valence electrons. The zero-order valence-corrected chi connectivity index (χ0v) is 11.5. The van der Waals surface area contributed by atoms with Crippen molar-refractivity contribution < 1.29 is 0 Å². The van der Waals surface area contributed by atoms with Gasteiger partial charge in [-0.2, -0.15) is 0 Å². The lowest BCUT2D eigenvalue weighted by Gasteiger charge is -2.10. The number of benzene rings is 1. The molecule has 0 aliphatic heterocycles. The maximum Gasteiger partial charge on any atom is -0.0230 e. The van der Waals surface area contributed by atoms with E-state index in [9.17, 15) is 0 Å². The van der Waals surface area contributed by atoms with Crippen molar-refractivity contribution in [2.75, 3.05) is 0 Å². The molecule has 1 aromatic carbocycles. The van der Waals surface area contributed by atoms with Crippen LogP contribution in [0.5, 0.6) is 0 Å². The van der Waals surface area contributed by atoms with Gasteiger partial charge in [-0.1, -0.05) is 61.9 Å². The monoisotopic (exact) mass is 240 g/mol. The highest BCUT2D eigenvalue weighted by Gasteiger charge is 2.10. The fraction of sp³-hybridized carbons (Fsp3) is 0.444. The highest BCUT2D eigenvalue weighted by atomic mass is 14.2. The highest BCUT2D eigenvalue weighted by molar-refractivity contribution is 5.62. The van der Waals surface area contributed by atoms with E-state index in [4.69, 9.17) is 0 Å². The molecule has 1 aromatic rings. The highest BCUT2D eigenvalue weighted by Crippen LogP contribution is 2.29. The molecule has 1 atom stereocenters. The predicted molar refractivity (Wildman–Crippen MR) is 80.4 cm³/mol. The summed E-state index contributed by atoms with van der Waals surface area (Å²) >= 11 is 0. The van der Waals surface area contributed by atoms with E-state index < -0.39 is 0 Å². The first-order valence-corrected chi connectivity index (χ1v) is 7.17. The smallest absolute Gasteiger partial charge is 0.0230 e. The first-order chi connectivity index (χ1) is 8.75. The molecule has 0 radical (unpaired) electrons. The fourth-order valence-corrected chi connectivity index (χ4v) is 2.24. The van der Waals surface area contributed by atoms with Crippen LogP contribution in [0.15, 0.2) is 48.6 Å². The van der Waals surface area contributed by atoms with Crippen LogP contribution < -0.4 is 0 Å². The van der Waals surface area contributed by atoms with Crippen LogP contribution in [0, 0.1) is 5.92 Å². The Morgan fingerprint density at radius 3 is 2.67 bits per heavy atom. The SMILES string of the molecule is C=C(CCCC(C)CC=C1CC1)c1ccccc1. The third-order valence-corrected chi connectivity index (χ3v) is 3.71. The standard InChI is InChI=1S/C18H24/c1-15(11-12-17-13-14-17)7-6-8-16(2)18-9-4-3-5-10-18/h3-5,9-10,12,15H,2,6-8,11,13-14H2,1H3. The molecule has 0 nitrogen and oxygen atoms in total. The van der Waals surface area contributed by atoms with E-state index in [1.807, 2.05) is 0 Å². The van der Waals surface area contributed by atoms with Gasteiger partial charge >= 0.3 is 0 Å². The van der Waals surface area contributed by atoms with Crippen molar-refractivity contribution in [3.8, 4) is 0 Å². The Kier molecular flexibility index (Phi) is 4.81. The lowest BCUT2D eigenvalue weighted by molar-refractivity contribution is 0.521. The van der Waals surface area contributed by atoms with E-state index in [-0.39, 0.29) is 0 Å². The van der Waals surface area contributed by atoms with Gasteiger partial charge in [0.05, 0.1) is 0 Å². The molecular formula is C18H24. The van der Waals surface area contributed by atoms with Gasteiger partial charge in [0.25, 0.3) is 0 Å². The molecule has 1 aliphatic carbocycles. The molecule has 1 fully saturated rings. The summed E-state index contributed by atoms with van der Waals surface area (Å²) in [6.45, 7) is 6.56. The van der Waals surface area contributed by atoms with Gasteiger partial charge in [-0.15, -0.1) is 0 Å². The van der Waals surface area contributed by atoms with Crippen molar-refractivity contribution in [3.05, 3.63) is 54.1 Å². The summed E-state index contributed by atoms with van der Waals surface area (Å²) in [5.74, 6) is 0.821. The van der Waals surface area contributed by atoms with Crippen LogP contribution in [0.3, 0.4) is 0 Å². The van der Waals surface area contributed by atoms with Crippen LogP contribution in [-0.2, 0) is 0 Å². The van der Waals surface area contributed by atoms with Crippen LogP contribution >= 0.6 is 0 Å². The van der Waals surface area contributed by atoms with Gasteiger partial charge in [0, 0.05) is 0 Å². The fourth-order valence-electron chi connectivity index (χ4n) is 2.24. The summed E-state index contributed by atoms with van der Waals surface area (Å²) in [5.41, 5.74) is 4.25. The maximum atomic E-state index is 4.19. The Morgan fingerprint density at radius 1 is 1.28 bits per heavy atom. The van der Waals surface area contributed by atoms with Gasteiger partial charge in [-0.3, -0.25) is 0 Å². The molecule has 0 aromatic heterocycles. The minimum atomic E-state index is 0.821. The number of allylic oxidation sites excluding steroid dienone is 3. The number of hydrogen-bond donors (Lipinski definition) is 0. The van der Waals surface area contributed by atoms with Gasteiger partial charge in [0.15, 0.2) is 0 Å². The summed E-state index contributed by atoms with van der Waals surface area (Å²) in [5, 5.41) is 0. The van der Waals surface area contributed by atoms with Crippen molar-refractivity contribution >= 4 is 5.57 Å². The molecule has 0 amide bonds. The molecule has 0 N–H and O–H groups in total. The Hall–Kier alpha value is -1.30. The number of rotatable bonds is 7. The van der Waals surface area contributed by atoms with Crippen molar-refractivity contribution in [3.63, 3.8) is 0 Å². The van der Waals surface area contributed by atoms with E-state index >= 15 is 0 Å². The zero-order chi connectivity index (χ0) is 12.8. The first kappa shape index (κ1) is 13.1. The quantitative estimate of drug-likeness (QED) is 0.543. The predicted octanol–water partition coefficient (Wildman–Crippen LogP) is 5.62. The van der Waals surface area contributed by atoms with Crippen LogP contribution in [0.4, 0.5) is 0 Å². The molecule has 0 bridgehead atoms. The zero-order valence-electron chi connectivity index (χ0n) is 11.5. The minimum Gasteiger partial charge on any atom is -0.0952 e. The molecule has 18 heavy (non-hydrogen) atoms. The molecule has 0 heterocycles. The second-order valence-electron chi connectivity index (χ2n) is 5.57. The molecule has 1 aliphatic rings. The van der Waals surface area contributed by atoms with E-state index in [1.54, 1.807) is 5.57 Å². The summed E-state index contributed by atoms with van der Waals surface area (Å²) < 4.78 is 0. The average Bonchev–Trinajstić information content (AvgIpc) is 3.21. The van der Waals surface area contributed by atoms with E-state index in [0.29, 0.717) is 0 Å². The largest absolute Gasteiger partial charge is 0.0952 e. The Morgan fingerprint density at radius 2 is 2.00 bits per heavy atom. The van der Waals surface area contributed by atoms with Crippen LogP contribution in [0.2, 0.25) is 0 Å². The van der Waals surface area contributed by atoms with Crippen LogP contribution in [0.25, 0.3) is 5.57 Å². The lowest BCUT2D eigenvalue weighted by atomic mass is 9.96. The minimum absolute atomic E-state index is 0.821. The molecule has 0 saturated heterocycles. The first-order valence-electron chi connectivity index (χ1n) is 7.17.